The summed E-state index contributed by atoms with van der Waals surface area (Å²) in [5.41, 5.74) is 0.242. The van der Waals surface area contributed by atoms with E-state index in [9.17, 15) is 14.4 Å². The molecular weight excluding hydrogens is 314 g/mol. The van der Waals surface area contributed by atoms with Crippen LogP contribution in [0.25, 0.3) is 0 Å². The zero-order chi connectivity index (χ0) is 18.0. The number of benzene rings is 1. The van der Waals surface area contributed by atoms with Gasteiger partial charge < -0.3 is 19.5 Å². The lowest BCUT2D eigenvalue weighted by Crippen LogP contribution is -2.33. The quantitative estimate of drug-likeness (QED) is 0.606. The number of amides is 1. The molecule has 1 rings (SSSR count). The third-order valence-corrected chi connectivity index (χ3v) is 2.59. The molecule has 0 aliphatic rings. The second kappa shape index (κ2) is 9.54. The van der Waals surface area contributed by atoms with Gasteiger partial charge in [-0.1, -0.05) is 30.3 Å². The Balaban J connectivity index is 2.12. The summed E-state index contributed by atoms with van der Waals surface area (Å²) in [5, 5.41) is 2.43. The van der Waals surface area contributed by atoms with E-state index in [1.807, 2.05) is 30.3 Å². The predicted octanol–water partition coefficient (Wildman–Crippen LogP) is 2.19. The highest BCUT2D eigenvalue weighted by molar-refractivity contribution is 5.77. The zero-order valence-corrected chi connectivity index (χ0v) is 14.2. The van der Waals surface area contributed by atoms with E-state index in [2.05, 4.69) is 5.32 Å². The molecule has 1 aromatic rings. The zero-order valence-electron chi connectivity index (χ0n) is 14.2. The van der Waals surface area contributed by atoms with Crippen LogP contribution in [0.3, 0.4) is 0 Å². The molecule has 7 heteroatoms. The highest BCUT2D eigenvalue weighted by Crippen LogP contribution is 2.06. The van der Waals surface area contributed by atoms with Crippen LogP contribution in [0.1, 0.15) is 32.8 Å². The molecule has 1 amide bonds. The van der Waals surface area contributed by atoms with Crippen molar-refractivity contribution in [1.82, 2.24) is 5.32 Å². The van der Waals surface area contributed by atoms with Crippen LogP contribution < -0.4 is 5.32 Å². The molecule has 0 spiro atoms. The van der Waals surface area contributed by atoms with Crippen LogP contribution in [-0.4, -0.2) is 36.8 Å². The molecule has 0 fully saturated rings. The minimum atomic E-state index is -0.632. The fourth-order valence-corrected chi connectivity index (χ4v) is 1.57. The average molecular weight is 337 g/mol. The van der Waals surface area contributed by atoms with Crippen LogP contribution in [0, 0.1) is 0 Å². The molecule has 0 aromatic heterocycles. The van der Waals surface area contributed by atoms with Crippen molar-refractivity contribution < 1.29 is 28.6 Å². The fourth-order valence-electron chi connectivity index (χ4n) is 1.57. The van der Waals surface area contributed by atoms with Crippen LogP contribution in [0.2, 0.25) is 0 Å². The molecule has 0 atom stereocenters. The van der Waals surface area contributed by atoms with Crippen LogP contribution in [0.4, 0.5) is 4.79 Å². The van der Waals surface area contributed by atoms with Gasteiger partial charge in [0.1, 0.15) is 12.2 Å². The lowest BCUT2D eigenvalue weighted by molar-refractivity contribution is -0.159. The molecule has 1 aromatic carbocycles. The SMILES string of the molecule is CC(C)(C)OC(=O)NCCC(=O)OCC(=O)OCc1ccccc1. The Hall–Kier alpha value is -2.57. The van der Waals surface area contributed by atoms with Crippen molar-refractivity contribution in [3.05, 3.63) is 35.9 Å². The van der Waals surface area contributed by atoms with Crippen LogP contribution in [0.15, 0.2) is 30.3 Å². The van der Waals surface area contributed by atoms with E-state index < -0.39 is 30.2 Å². The molecule has 0 aliphatic heterocycles. The van der Waals surface area contributed by atoms with E-state index in [0.717, 1.165) is 5.56 Å². The second-order valence-corrected chi connectivity index (χ2v) is 5.99. The van der Waals surface area contributed by atoms with E-state index >= 15 is 0 Å². The van der Waals surface area contributed by atoms with Gasteiger partial charge in [-0.2, -0.15) is 0 Å². The first-order chi connectivity index (χ1) is 11.3. The molecule has 7 nitrogen and oxygen atoms in total. The van der Waals surface area contributed by atoms with Crippen molar-refractivity contribution in [3.8, 4) is 0 Å². The maximum atomic E-state index is 11.5. The molecule has 0 aliphatic carbocycles. The summed E-state index contributed by atoms with van der Waals surface area (Å²) in [6.45, 7) is 4.94. The minimum Gasteiger partial charge on any atom is -0.458 e. The standard InChI is InChI=1S/C17H23NO6/c1-17(2,3)24-16(21)18-10-9-14(19)23-12-15(20)22-11-13-7-5-4-6-8-13/h4-8H,9-12H2,1-3H3,(H,18,21). The Morgan fingerprint density at radius 1 is 1.00 bits per heavy atom. The van der Waals surface area contributed by atoms with Gasteiger partial charge in [-0.25, -0.2) is 9.59 Å². The Morgan fingerprint density at radius 3 is 2.29 bits per heavy atom. The maximum Gasteiger partial charge on any atom is 0.407 e. The van der Waals surface area contributed by atoms with Crippen molar-refractivity contribution in [2.24, 2.45) is 0 Å². The molecule has 0 saturated carbocycles. The number of carbonyl (C=O) groups excluding carboxylic acids is 3. The van der Waals surface area contributed by atoms with Crippen LogP contribution >= 0.6 is 0 Å². The van der Waals surface area contributed by atoms with E-state index in [0.29, 0.717) is 0 Å². The normalized spacial score (nSPS) is 10.6. The molecule has 0 saturated heterocycles. The van der Waals surface area contributed by atoms with E-state index in [-0.39, 0.29) is 19.6 Å². The van der Waals surface area contributed by atoms with Crippen molar-refractivity contribution >= 4 is 18.0 Å². The van der Waals surface area contributed by atoms with Gasteiger partial charge in [0.05, 0.1) is 6.42 Å². The number of nitrogens with one attached hydrogen (secondary N) is 1. The molecule has 0 radical (unpaired) electrons. The molecular formula is C17H23NO6. The summed E-state index contributed by atoms with van der Waals surface area (Å²) < 4.78 is 14.8. The number of esters is 2. The molecule has 24 heavy (non-hydrogen) atoms. The van der Waals surface area contributed by atoms with E-state index in [1.54, 1.807) is 20.8 Å². The van der Waals surface area contributed by atoms with Gasteiger partial charge in [-0.05, 0) is 26.3 Å². The Kier molecular flexibility index (Phi) is 7.74. The molecule has 1 N–H and O–H groups in total. The summed E-state index contributed by atoms with van der Waals surface area (Å²) in [6, 6.07) is 9.17. The Labute approximate surface area is 141 Å². The van der Waals surface area contributed by atoms with Gasteiger partial charge in [0.2, 0.25) is 0 Å². The summed E-state index contributed by atoms with van der Waals surface area (Å²) >= 11 is 0. The molecule has 132 valence electrons. The van der Waals surface area contributed by atoms with Crippen molar-refractivity contribution in [1.29, 1.82) is 0 Å². The number of alkyl carbamates (subject to hydrolysis) is 1. The highest BCUT2D eigenvalue weighted by Gasteiger charge is 2.16. The topological polar surface area (TPSA) is 90.9 Å². The molecule has 0 heterocycles. The van der Waals surface area contributed by atoms with Gasteiger partial charge in [0.25, 0.3) is 0 Å². The summed E-state index contributed by atoms with van der Waals surface area (Å²) in [7, 11) is 0. The third kappa shape index (κ3) is 9.45. The molecule has 0 bridgehead atoms. The largest absolute Gasteiger partial charge is 0.458 e. The first-order valence-electron chi connectivity index (χ1n) is 7.58. The Morgan fingerprint density at radius 2 is 1.67 bits per heavy atom. The minimum absolute atomic E-state index is 0.0623. The number of carbonyl (C=O) groups is 3. The van der Waals surface area contributed by atoms with Crippen LogP contribution in [-0.2, 0) is 30.4 Å². The van der Waals surface area contributed by atoms with Gasteiger partial charge >= 0.3 is 18.0 Å². The van der Waals surface area contributed by atoms with Gasteiger partial charge in [-0.15, -0.1) is 0 Å². The summed E-state index contributed by atoms with van der Waals surface area (Å²) in [4.78, 5) is 34.3. The summed E-state index contributed by atoms with van der Waals surface area (Å²) in [5.74, 6) is -1.24. The van der Waals surface area contributed by atoms with E-state index in [4.69, 9.17) is 14.2 Å². The lowest BCUT2D eigenvalue weighted by atomic mass is 10.2. The first kappa shape index (κ1) is 19.5. The van der Waals surface area contributed by atoms with Crippen molar-refractivity contribution in [2.75, 3.05) is 13.2 Å². The van der Waals surface area contributed by atoms with Crippen molar-refractivity contribution in [2.45, 2.75) is 39.4 Å². The molecule has 0 unspecified atom stereocenters. The average Bonchev–Trinajstić information content (AvgIpc) is 2.50. The first-order valence-corrected chi connectivity index (χ1v) is 7.58. The van der Waals surface area contributed by atoms with Crippen molar-refractivity contribution in [3.63, 3.8) is 0 Å². The van der Waals surface area contributed by atoms with Gasteiger partial charge in [0.15, 0.2) is 6.61 Å². The monoisotopic (exact) mass is 337 g/mol. The smallest absolute Gasteiger partial charge is 0.407 e. The second-order valence-electron chi connectivity index (χ2n) is 5.99. The number of rotatable bonds is 7. The third-order valence-electron chi connectivity index (χ3n) is 2.59. The maximum absolute atomic E-state index is 11.5. The van der Waals surface area contributed by atoms with Crippen LogP contribution in [0.5, 0.6) is 0 Å². The fraction of sp³-hybridized carbons (Fsp3) is 0.471. The Bertz CT molecular complexity index is 550. The van der Waals surface area contributed by atoms with E-state index in [1.165, 1.54) is 0 Å². The highest BCUT2D eigenvalue weighted by atomic mass is 16.6. The van der Waals surface area contributed by atoms with Gasteiger partial charge in [-0.3, -0.25) is 4.79 Å². The number of hydrogen-bond acceptors (Lipinski definition) is 6. The predicted molar refractivity (Wildman–Crippen MR) is 86.1 cm³/mol. The number of ether oxygens (including phenoxy) is 3. The summed E-state index contributed by atoms with van der Waals surface area (Å²) in [6.07, 6.45) is -0.678. The number of hydrogen-bond donors (Lipinski definition) is 1. The van der Waals surface area contributed by atoms with Gasteiger partial charge in [0, 0.05) is 6.54 Å². The lowest BCUT2D eigenvalue weighted by Gasteiger charge is -2.19.